The highest BCUT2D eigenvalue weighted by atomic mass is 16.5. The van der Waals surface area contributed by atoms with Crippen LogP contribution >= 0.6 is 0 Å². The van der Waals surface area contributed by atoms with Gasteiger partial charge in [0.05, 0.1) is 6.61 Å². The van der Waals surface area contributed by atoms with E-state index in [-0.39, 0.29) is 11.5 Å². The molecule has 0 radical (unpaired) electrons. The molecule has 0 saturated carbocycles. The number of rotatable bonds is 9. The topological polar surface area (TPSA) is 51.5 Å². The molecule has 0 saturated heterocycles. The Morgan fingerprint density at radius 2 is 1.96 bits per heavy atom. The van der Waals surface area contributed by atoms with Gasteiger partial charge in [0.2, 0.25) is 0 Å². The van der Waals surface area contributed by atoms with Crippen LogP contribution < -0.4 is 5.56 Å². The minimum atomic E-state index is -0.543. The minimum Gasteiger partial charge on any atom is -0.464 e. The molecule has 5 nitrogen and oxygen atoms in total. The fraction of sp³-hybridized carbons (Fsp3) is 0.684. The van der Waals surface area contributed by atoms with E-state index < -0.39 is 6.04 Å². The van der Waals surface area contributed by atoms with Gasteiger partial charge in [-0.2, -0.15) is 0 Å². The lowest BCUT2D eigenvalue weighted by molar-refractivity contribution is -0.147. The molecule has 0 N–H and O–H groups in total. The van der Waals surface area contributed by atoms with Crippen LogP contribution in [0.2, 0.25) is 0 Å². The summed E-state index contributed by atoms with van der Waals surface area (Å²) in [4.78, 5) is 27.0. The Kier molecular flexibility index (Phi) is 8.19. The highest BCUT2D eigenvalue weighted by Crippen LogP contribution is 2.19. The van der Waals surface area contributed by atoms with Crippen LogP contribution in [0, 0.1) is 12.8 Å². The number of hydrogen-bond acceptors (Lipinski definition) is 4. The van der Waals surface area contributed by atoms with Crippen LogP contribution in [0.5, 0.6) is 0 Å². The summed E-state index contributed by atoms with van der Waals surface area (Å²) >= 11 is 0. The summed E-state index contributed by atoms with van der Waals surface area (Å²) in [6, 6.07) is 1.09. The van der Waals surface area contributed by atoms with Gasteiger partial charge in [-0.1, -0.05) is 13.8 Å². The molecule has 0 aliphatic rings. The van der Waals surface area contributed by atoms with Crippen molar-refractivity contribution in [3.8, 4) is 0 Å². The van der Waals surface area contributed by atoms with Crippen LogP contribution in [0.4, 0.5) is 0 Å². The number of aryl methyl sites for hydroxylation is 1. The molecule has 1 heterocycles. The number of ether oxygens (including phenoxy) is 1. The molecular formula is C19H32N2O3. The third-order valence-electron chi connectivity index (χ3n) is 4.14. The fourth-order valence-electron chi connectivity index (χ4n) is 2.64. The van der Waals surface area contributed by atoms with E-state index in [0.717, 1.165) is 30.5 Å². The summed E-state index contributed by atoms with van der Waals surface area (Å²) < 4.78 is 6.77. The van der Waals surface area contributed by atoms with Gasteiger partial charge >= 0.3 is 5.97 Å². The molecule has 1 aromatic heterocycles. The Morgan fingerprint density at radius 3 is 2.50 bits per heavy atom. The predicted octanol–water partition coefficient (Wildman–Crippen LogP) is 2.80. The van der Waals surface area contributed by atoms with Crippen LogP contribution in [0.3, 0.4) is 0 Å². The van der Waals surface area contributed by atoms with Crippen molar-refractivity contribution < 1.29 is 9.53 Å². The highest BCUT2D eigenvalue weighted by Gasteiger charge is 2.23. The van der Waals surface area contributed by atoms with Crippen molar-refractivity contribution in [3.63, 3.8) is 0 Å². The molecule has 0 aliphatic heterocycles. The maximum atomic E-state index is 12.5. The maximum absolute atomic E-state index is 12.5. The average molecular weight is 336 g/mol. The van der Waals surface area contributed by atoms with E-state index in [1.807, 2.05) is 27.2 Å². The highest BCUT2D eigenvalue weighted by molar-refractivity contribution is 5.74. The predicted molar refractivity (Wildman–Crippen MR) is 97.4 cm³/mol. The zero-order valence-electron chi connectivity index (χ0n) is 16.0. The lowest BCUT2D eigenvalue weighted by Gasteiger charge is -2.21. The van der Waals surface area contributed by atoms with E-state index in [9.17, 15) is 9.59 Å². The number of hydrogen-bond donors (Lipinski definition) is 0. The Hall–Kier alpha value is -1.62. The number of likely N-dealkylation sites (N-methyl/N-ethyl adjacent to an activating group) is 1. The van der Waals surface area contributed by atoms with E-state index in [2.05, 4.69) is 18.7 Å². The molecule has 0 spiro atoms. The molecule has 24 heavy (non-hydrogen) atoms. The first kappa shape index (κ1) is 20.4. The molecule has 1 unspecified atom stereocenters. The van der Waals surface area contributed by atoms with Crippen LogP contribution in [0.1, 0.15) is 50.8 Å². The molecule has 1 rings (SSSR count). The van der Waals surface area contributed by atoms with Gasteiger partial charge < -0.3 is 14.2 Å². The SMILES string of the molecule is CCOC(=O)C(CCC(C)C)n1cc(CCN(C)C)c(C)cc1=O. The zero-order chi connectivity index (χ0) is 18.3. The van der Waals surface area contributed by atoms with Gasteiger partial charge in [0, 0.05) is 18.8 Å². The standard InChI is InChI=1S/C19H32N2O3/c1-7-24-19(23)17(9-8-14(2)3)21-13-16(10-11-20(5)6)15(4)12-18(21)22/h12-14,17H,7-11H2,1-6H3. The first-order chi connectivity index (χ1) is 11.3. The molecule has 136 valence electrons. The van der Waals surface area contributed by atoms with Gasteiger partial charge in [0.25, 0.3) is 5.56 Å². The summed E-state index contributed by atoms with van der Waals surface area (Å²) in [5.74, 6) is 0.152. The molecule has 1 aromatic rings. The van der Waals surface area contributed by atoms with Gasteiger partial charge in [-0.25, -0.2) is 4.79 Å². The molecular weight excluding hydrogens is 304 g/mol. The third kappa shape index (κ3) is 6.11. The van der Waals surface area contributed by atoms with Crippen molar-refractivity contribution in [2.24, 2.45) is 5.92 Å². The second kappa shape index (κ2) is 9.62. The number of carbonyl (C=O) groups excluding carboxylic acids is 1. The van der Waals surface area contributed by atoms with Crippen molar-refractivity contribution >= 4 is 5.97 Å². The number of nitrogens with zero attached hydrogens (tertiary/aromatic N) is 2. The largest absolute Gasteiger partial charge is 0.464 e. The summed E-state index contributed by atoms with van der Waals surface area (Å²) in [7, 11) is 4.05. The summed E-state index contributed by atoms with van der Waals surface area (Å²) in [6.07, 6.45) is 4.19. The van der Waals surface area contributed by atoms with Crippen LogP contribution in [-0.4, -0.2) is 42.7 Å². The first-order valence-electron chi connectivity index (χ1n) is 8.79. The van der Waals surface area contributed by atoms with E-state index in [1.165, 1.54) is 0 Å². The van der Waals surface area contributed by atoms with E-state index in [1.54, 1.807) is 17.6 Å². The van der Waals surface area contributed by atoms with Gasteiger partial charge in [0.1, 0.15) is 6.04 Å². The number of pyridine rings is 1. The second-order valence-corrected chi connectivity index (χ2v) is 7.02. The van der Waals surface area contributed by atoms with Crippen molar-refractivity contribution in [3.05, 3.63) is 33.7 Å². The molecule has 0 aromatic carbocycles. The second-order valence-electron chi connectivity index (χ2n) is 7.02. The number of aromatic nitrogens is 1. The van der Waals surface area contributed by atoms with Crippen molar-refractivity contribution in [1.82, 2.24) is 9.47 Å². The number of carbonyl (C=O) groups is 1. The van der Waals surface area contributed by atoms with Crippen molar-refractivity contribution in [2.45, 2.75) is 53.0 Å². The van der Waals surface area contributed by atoms with E-state index in [4.69, 9.17) is 4.74 Å². The Morgan fingerprint density at radius 1 is 1.29 bits per heavy atom. The van der Waals surface area contributed by atoms with Crippen LogP contribution in [0.25, 0.3) is 0 Å². The third-order valence-corrected chi connectivity index (χ3v) is 4.14. The number of esters is 1. The van der Waals surface area contributed by atoms with Gasteiger partial charge in [0.15, 0.2) is 0 Å². The quantitative estimate of drug-likeness (QED) is 0.651. The monoisotopic (exact) mass is 336 g/mol. The molecule has 0 aliphatic carbocycles. The first-order valence-corrected chi connectivity index (χ1v) is 8.79. The van der Waals surface area contributed by atoms with Gasteiger partial charge in [-0.3, -0.25) is 4.79 Å². The molecule has 0 fully saturated rings. The average Bonchev–Trinajstić information content (AvgIpc) is 2.48. The molecule has 0 amide bonds. The summed E-state index contributed by atoms with van der Waals surface area (Å²) in [5, 5.41) is 0. The lowest BCUT2D eigenvalue weighted by Crippen LogP contribution is -2.32. The van der Waals surface area contributed by atoms with Crippen LogP contribution in [-0.2, 0) is 16.0 Å². The van der Waals surface area contributed by atoms with Crippen LogP contribution in [0.15, 0.2) is 17.1 Å². The lowest BCUT2D eigenvalue weighted by atomic mass is 10.0. The Bertz CT molecular complexity index is 591. The summed E-state index contributed by atoms with van der Waals surface area (Å²) in [5.41, 5.74) is 1.94. The molecule has 1 atom stereocenters. The van der Waals surface area contributed by atoms with Gasteiger partial charge in [-0.15, -0.1) is 0 Å². The molecule has 5 heteroatoms. The maximum Gasteiger partial charge on any atom is 0.329 e. The minimum absolute atomic E-state index is 0.136. The van der Waals surface area contributed by atoms with E-state index in [0.29, 0.717) is 18.9 Å². The van der Waals surface area contributed by atoms with E-state index >= 15 is 0 Å². The molecule has 0 bridgehead atoms. The smallest absolute Gasteiger partial charge is 0.329 e. The summed E-state index contributed by atoms with van der Waals surface area (Å²) in [6.45, 7) is 9.19. The Labute approximate surface area is 145 Å². The fourth-order valence-corrected chi connectivity index (χ4v) is 2.64. The Balaban J connectivity index is 3.17. The van der Waals surface area contributed by atoms with Crippen molar-refractivity contribution in [1.29, 1.82) is 0 Å². The van der Waals surface area contributed by atoms with Gasteiger partial charge in [-0.05, 0) is 64.3 Å². The van der Waals surface area contributed by atoms with Crippen molar-refractivity contribution in [2.75, 3.05) is 27.2 Å². The normalized spacial score (nSPS) is 12.7. The zero-order valence-corrected chi connectivity index (χ0v) is 16.0.